The van der Waals surface area contributed by atoms with E-state index in [0.29, 0.717) is 17.6 Å². The Kier molecular flexibility index (Phi) is 7.34. The van der Waals surface area contributed by atoms with E-state index < -0.39 is 11.6 Å². The predicted octanol–water partition coefficient (Wildman–Crippen LogP) is 3.88. The van der Waals surface area contributed by atoms with Gasteiger partial charge in [-0.3, -0.25) is 0 Å². The maximum Gasteiger partial charge on any atom is 0.220 e. The summed E-state index contributed by atoms with van der Waals surface area (Å²) in [6.45, 7) is 9.25. The summed E-state index contributed by atoms with van der Waals surface area (Å²) in [7, 11) is 0. The highest BCUT2D eigenvalue weighted by Crippen LogP contribution is 2.37. The van der Waals surface area contributed by atoms with Crippen LogP contribution in [0.2, 0.25) is 0 Å². The molecule has 5 nitrogen and oxygen atoms in total. The van der Waals surface area contributed by atoms with Gasteiger partial charge in [0.1, 0.15) is 12.2 Å². The molecule has 0 spiro atoms. The van der Waals surface area contributed by atoms with Gasteiger partial charge in [-0.05, 0) is 44.2 Å². The van der Waals surface area contributed by atoms with Crippen LogP contribution >= 0.6 is 24.0 Å². The topological polar surface area (TPSA) is 46.2 Å². The summed E-state index contributed by atoms with van der Waals surface area (Å²) in [5, 5.41) is 0. The molecule has 2 fully saturated rings. The highest BCUT2D eigenvalue weighted by molar-refractivity contribution is 8.22. The lowest BCUT2D eigenvalue weighted by atomic mass is 10.1. The first kappa shape index (κ1) is 20.4. The molecule has 140 valence electrons. The Morgan fingerprint density at radius 3 is 1.71 bits per heavy atom. The Morgan fingerprint density at radius 1 is 1.00 bits per heavy atom. The van der Waals surface area contributed by atoms with Crippen LogP contribution in [-0.4, -0.2) is 53.7 Å². The molecule has 0 radical (unpaired) electrons. The van der Waals surface area contributed by atoms with Gasteiger partial charge in [-0.15, -0.1) is 0 Å². The zero-order valence-corrected chi connectivity index (χ0v) is 17.0. The average Bonchev–Trinajstić information content (AvgIpc) is 3.25. The van der Waals surface area contributed by atoms with Crippen molar-refractivity contribution in [2.45, 2.75) is 83.3 Å². The van der Waals surface area contributed by atoms with Gasteiger partial charge in [-0.25, -0.2) is 0 Å². The quantitative estimate of drug-likeness (QED) is 0.623. The number of hydrogen-bond acceptors (Lipinski definition) is 7. The lowest BCUT2D eigenvalue weighted by molar-refractivity contribution is -0.202. The van der Waals surface area contributed by atoms with Crippen molar-refractivity contribution >= 4 is 28.4 Å². The van der Waals surface area contributed by atoms with Crippen molar-refractivity contribution in [1.82, 2.24) is 0 Å². The Bertz CT molecular complexity index is 393. The third kappa shape index (κ3) is 4.24. The van der Waals surface area contributed by atoms with Gasteiger partial charge in [0.2, 0.25) is 4.38 Å². The van der Waals surface area contributed by atoms with Crippen LogP contribution in [0.5, 0.6) is 0 Å². The van der Waals surface area contributed by atoms with E-state index >= 15 is 0 Å². The van der Waals surface area contributed by atoms with Crippen LogP contribution < -0.4 is 0 Å². The van der Waals surface area contributed by atoms with E-state index in [2.05, 4.69) is 27.7 Å². The fourth-order valence-corrected chi connectivity index (χ4v) is 3.59. The number of ether oxygens (including phenoxy) is 5. The molecule has 0 aromatic carbocycles. The second kappa shape index (κ2) is 8.64. The normalized spacial score (nSPS) is 28.4. The zero-order chi connectivity index (χ0) is 17.8. The van der Waals surface area contributed by atoms with Gasteiger partial charge in [0, 0.05) is 0 Å². The van der Waals surface area contributed by atoms with Crippen LogP contribution in [0.4, 0.5) is 0 Å². The smallest absolute Gasteiger partial charge is 0.220 e. The van der Waals surface area contributed by atoms with Gasteiger partial charge in [0.15, 0.2) is 17.7 Å². The third-order valence-electron chi connectivity index (χ3n) is 5.04. The molecule has 7 heteroatoms. The second-order valence-corrected chi connectivity index (χ2v) is 7.62. The Balaban J connectivity index is 2.13. The van der Waals surface area contributed by atoms with Crippen molar-refractivity contribution in [3.8, 4) is 0 Å². The molecule has 2 saturated heterocycles. The average molecular weight is 379 g/mol. The Hall–Kier alpha value is 0.0800. The summed E-state index contributed by atoms with van der Waals surface area (Å²) in [6.07, 6.45) is 4.35. The molecule has 0 saturated carbocycles. The summed E-state index contributed by atoms with van der Waals surface area (Å²) in [4.78, 5) is 0. The van der Waals surface area contributed by atoms with Crippen LogP contribution in [0.25, 0.3) is 0 Å². The molecular weight excluding hydrogens is 348 g/mol. The van der Waals surface area contributed by atoms with Gasteiger partial charge in [-0.1, -0.05) is 39.5 Å². The molecule has 0 unspecified atom stereocenters. The molecular formula is C17H30O5S2. The second-order valence-electron chi connectivity index (χ2n) is 6.21. The SMILES string of the molecule is CCC1(CC)OC[C@@H](C(OC(=S)SC)[C@@H]2COC(CC)(CC)O2)O1. The van der Waals surface area contributed by atoms with Crippen molar-refractivity contribution < 1.29 is 23.7 Å². The zero-order valence-electron chi connectivity index (χ0n) is 15.3. The first-order valence-corrected chi connectivity index (χ1v) is 10.5. The molecule has 2 aliphatic heterocycles. The van der Waals surface area contributed by atoms with Gasteiger partial charge >= 0.3 is 0 Å². The Labute approximate surface area is 155 Å². The molecule has 2 heterocycles. The van der Waals surface area contributed by atoms with E-state index in [0.717, 1.165) is 25.7 Å². The lowest BCUT2D eigenvalue weighted by Crippen LogP contribution is -2.45. The molecule has 0 aliphatic carbocycles. The third-order valence-corrected chi connectivity index (χ3v) is 6.07. The standard InChI is InChI=1S/C17H30O5S2/c1-6-16(7-2)18-10-12(21-16)14(20-15(23)24-5)13-11-19-17(8-3,9-4)22-13/h12-14H,6-11H2,1-5H3/t12-,13-/m0/s1. The number of hydrogen-bond donors (Lipinski definition) is 0. The summed E-state index contributed by atoms with van der Waals surface area (Å²) >= 11 is 6.69. The fourth-order valence-electron chi connectivity index (χ4n) is 3.27. The molecule has 2 atom stereocenters. The van der Waals surface area contributed by atoms with Crippen molar-refractivity contribution in [1.29, 1.82) is 0 Å². The summed E-state index contributed by atoms with van der Waals surface area (Å²) in [5.41, 5.74) is 0. The lowest BCUT2D eigenvalue weighted by Gasteiger charge is -2.31. The van der Waals surface area contributed by atoms with E-state index in [1.54, 1.807) is 0 Å². The molecule has 2 rings (SSSR count). The van der Waals surface area contributed by atoms with Crippen molar-refractivity contribution in [2.24, 2.45) is 0 Å². The van der Waals surface area contributed by atoms with Gasteiger partial charge in [0.25, 0.3) is 0 Å². The maximum atomic E-state index is 6.25. The Morgan fingerprint density at radius 2 is 1.42 bits per heavy atom. The van der Waals surface area contributed by atoms with Crippen molar-refractivity contribution in [3.05, 3.63) is 0 Å². The van der Waals surface area contributed by atoms with E-state index in [1.807, 2.05) is 6.26 Å². The van der Waals surface area contributed by atoms with Crippen molar-refractivity contribution in [2.75, 3.05) is 19.5 Å². The number of thiocarbonyl (C=S) groups is 1. The summed E-state index contributed by atoms with van der Waals surface area (Å²) in [6, 6.07) is 0. The molecule has 0 N–H and O–H groups in total. The highest BCUT2D eigenvalue weighted by Gasteiger charge is 2.50. The van der Waals surface area contributed by atoms with E-state index in [9.17, 15) is 0 Å². The first-order chi connectivity index (χ1) is 11.5. The monoisotopic (exact) mass is 378 g/mol. The molecule has 2 aliphatic rings. The van der Waals surface area contributed by atoms with E-state index in [1.165, 1.54) is 11.8 Å². The molecule has 0 aromatic heterocycles. The van der Waals surface area contributed by atoms with Gasteiger partial charge in [-0.2, -0.15) is 0 Å². The molecule has 0 amide bonds. The van der Waals surface area contributed by atoms with E-state index in [4.69, 9.17) is 35.9 Å². The van der Waals surface area contributed by atoms with Gasteiger partial charge in [0.05, 0.1) is 13.2 Å². The molecule has 0 aromatic rings. The minimum absolute atomic E-state index is 0.215. The van der Waals surface area contributed by atoms with Crippen LogP contribution in [-0.2, 0) is 23.7 Å². The number of rotatable bonds is 7. The largest absolute Gasteiger partial charge is 0.470 e. The van der Waals surface area contributed by atoms with Crippen LogP contribution in [0, 0.1) is 0 Å². The molecule has 24 heavy (non-hydrogen) atoms. The minimum Gasteiger partial charge on any atom is -0.470 e. The van der Waals surface area contributed by atoms with Crippen LogP contribution in [0.1, 0.15) is 53.4 Å². The predicted molar refractivity (Wildman–Crippen MR) is 99.3 cm³/mol. The molecule has 0 bridgehead atoms. The maximum absolute atomic E-state index is 6.25. The highest BCUT2D eigenvalue weighted by atomic mass is 32.2. The first-order valence-electron chi connectivity index (χ1n) is 8.85. The van der Waals surface area contributed by atoms with Crippen LogP contribution in [0.3, 0.4) is 0 Å². The van der Waals surface area contributed by atoms with Gasteiger partial charge < -0.3 is 23.7 Å². The van der Waals surface area contributed by atoms with Crippen LogP contribution in [0.15, 0.2) is 0 Å². The van der Waals surface area contributed by atoms with E-state index in [-0.39, 0.29) is 18.3 Å². The summed E-state index contributed by atoms with van der Waals surface area (Å²) in [5.74, 6) is -1.06. The number of thioether (sulfide) groups is 1. The summed E-state index contributed by atoms with van der Waals surface area (Å²) < 4.78 is 30.9. The minimum atomic E-state index is -0.528. The fraction of sp³-hybridized carbons (Fsp3) is 0.941. The van der Waals surface area contributed by atoms with Crippen molar-refractivity contribution in [3.63, 3.8) is 0 Å².